The summed E-state index contributed by atoms with van der Waals surface area (Å²) in [6, 6.07) is 11.5. The number of anilines is 2. The van der Waals surface area contributed by atoms with E-state index in [1.165, 1.54) is 12.4 Å². The van der Waals surface area contributed by atoms with E-state index in [1.807, 2.05) is 36.4 Å². The molecule has 0 saturated carbocycles. The largest absolute Gasteiger partial charge is 0.474 e. The van der Waals surface area contributed by atoms with Crippen molar-refractivity contribution >= 4 is 29.0 Å². The number of nitrogens with zero attached hydrogens (tertiary/aromatic N) is 4. The lowest BCUT2D eigenvalue weighted by Crippen LogP contribution is -2.36. The van der Waals surface area contributed by atoms with E-state index in [2.05, 4.69) is 20.2 Å². The van der Waals surface area contributed by atoms with Crippen molar-refractivity contribution in [1.29, 1.82) is 0 Å². The smallest absolute Gasteiger partial charge is 0.235 e. The first kappa shape index (κ1) is 22.5. The van der Waals surface area contributed by atoms with Gasteiger partial charge in [0.15, 0.2) is 5.82 Å². The number of fused-ring (bicyclic) bond motifs is 4. The van der Waals surface area contributed by atoms with Crippen LogP contribution in [0, 0.1) is 5.92 Å². The quantitative estimate of drug-likeness (QED) is 0.470. The number of halogens is 1. The average Bonchev–Trinajstić information content (AvgIpc) is 3.26. The standard InChI is InChI=1S/C24H24ClN5O4/c25-16-3-1-2-14(8-16)18-4-5-19-23(27-18)22(15-6-7-30(19)11-15)24(33)29-20-9-26-10-21(28-20)34-13-17(32)12-31/h1-5,8-10,15,17,22,31-32H,6-7,11-13H2,(H,28,29,33)/t15-,17?,22?/m0/s1. The molecule has 0 aliphatic carbocycles. The van der Waals surface area contributed by atoms with Gasteiger partial charge in [0.05, 0.1) is 42.0 Å². The molecule has 10 heteroatoms. The molecule has 2 aliphatic rings. The van der Waals surface area contributed by atoms with Gasteiger partial charge in [0.25, 0.3) is 0 Å². The highest BCUT2D eigenvalue weighted by Crippen LogP contribution is 2.44. The number of nitrogens with one attached hydrogen (secondary N) is 1. The normalized spacial score (nSPS) is 19.4. The zero-order chi connectivity index (χ0) is 23.7. The van der Waals surface area contributed by atoms with Crippen molar-refractivity contribution in [1.82, 2.24) is 15.0 Å². The maximum atomic E-state index is 13.5. The molecule has 1 saturated heterocycles. The number of aromatic nitrogens is 3. The number of hydrogen-bond acceptors (Lipinski definition) is 8. The minimum Gasteiger partial charge on any atom is -0.474 e. The van der Waals surface area contributed by atoms with Gasteiger partial charge in [-0.3, -0.25) is 9.78 Å². The molecular weight excluding hydrogens is 458 g/mol. The summed E-state index contributed by atoms with van der Waals surface area (Å²) in [5.41, 5.74) is 3.37. The molecule has 34 heavy (non-hydrogen) atoms. The topological polar surface area (TPSA) is 121 Å². The van der Waals surface area contributed by atoms with Gasteiger partial charge in [0.2, 0.25) is 11.8 Å². The van der Waals surface area contributed by atoms with Crippen LogP contribution in [0.1, 0.15) is 18.0 Å². The number of pyridine rings is 1. The van der Waals surface area contributed by atoms with Crippen LogP contribution in [-0.4, -0.2) is 63.5 Å². The lowest BCUT2D eigenvalue weighted by molar-refractivity contribution is -0.118. The van der Waals surface area contributed by atoms with Crippen LogP contribution in [0.15, 0.2) is 48.8 Å². The molecule has 2 bridgehead atoms. The molecular formula is C24H24ClN5O4. The van der Waals surface area contributed by atoms with Gasteiger partial charge in [-0.25, -0.2) is 4.98 Å². The fraction of sp³-hybridized carbons (Fsp3) is 0.333. The number of hydrogen-bond donors (Lipinski definition) is 3. The number of amides is 1. The number of benzene rings is 1. The van der Waals surface area contributed by atoms with E-state index in [4.69, 9.17) is 26.4 Å². The summed E-state index contributed by atoms with van der Waals surface area (Å²) in [5.74, 6) is -0.112. The second kappa shape index (κ2) is 9.54. The number of ether oxygens (including phenoxy) is 1. The molecule has 3 aromatic rings. The van der Waals surface area contributed by atoms with E-state index >= 15 is 0 Å². The van der Waals surface area contributed by atoms with Gasteiger partial charge in [-0.15, -0.1) is 0 Å². The first-order chi connectivity index (χ1) is 16.5. The van der Waals surface area contributed by atoms with Gasteiger partial charge in [-0.05, 0) is 36.6 Å². The Morgan fingerprint density at radius 1 is 1.26 bits per heavy atom. The van der Waals surface area contributed by atoms with Crippen molar-refractivity contribution in [2.24, 2.45) is 5.92 Å². The minimum absolute atomic E-state index is 0.132. The van der Waals surface area contributed by atoms with Crippen LogP contribution in [-0.2, 0) is 4.79 Å². The maximum absolute atomic E-state index is 13.5. The first-order valence-electron chi connectivity index (χ1n) is 11.1. The van der Waals surface area contributed by atoms with Gasteiger partial charge in [0, 0.05) is 23.7 Å². The van der Waals surface area contributed by atoms with Gasteiger partial charge < -0.3 is 25.2 Å². The van der Waals surface area contributed by atoms with E-state index in [0.717, 1.165) is 42.1 Å². The molecule has 4 heterocycles. The molecule has 9 nitrogen and oxygen atoms in total. The van der Waals surface area contributed by atoms with Crippen molar-refractivity contribution in [2.75, 3.05) is 36.5 Å². The van der Waals surface area contributed by atoms with Crippen LogP contribution in [0.2, 0.25) is 5.02 Å². The van der Waals surface area contributed by atoms with Gasteiger partial charge in [0.1, 0.15) is 12.7 Å². The highest BCUT2D eigenvalue weighted by Gasteiger charge is 2.43. The molecule has 3 atom stereocenters. The lowest BCUT2D eigenvalue weighted by atomic mass is 9.84. The third kappa shape index (κ3) is 4.54. The fourth-order valence-electron chi connectivity index (χ4n) is 4.53. The lowest BCUT2D eigenvalue weighted by Gasteiger charge is -2.32. The van der Waals surface area contributed by atoms with E-state index < -0.39 is 18.6 Å². The van der Waals surface area contributed by atoms with Crippen molar-refractivity contribution < 1.29 is 19.7 Å². The number of aliphatic hydroxyl groups excluding tert-OH is 2. The van der Waals surface area contributed by atoms with Crippen molar-refractivity contribution in [2.45, 2.75) is 18.4 Å². The van der Waals surface area contributed by atoms with Crippen LogP contribution in [0.4, 0.5) is 11.5 Å². The van der Waals surface area contributed by atoms with Crippen LogP contribution in [0.25, 0.3) is 11.3 Å². The van der Waals surface area contributed by atoms with E-state index in [-0.39, 0.29) is 30.1 Å². The molecule has 2 aliphatic heterocycles. The van der Waals surface area contributed by atoms with Gasteiger partial charge in [-0.2, -0.15) is 4.98 Å². The van der Waals surface area contributed by atoms with Crippen LogP contribution in [0.3, 0.4) is 0 Å². The van der Waals surface area contributed by atoms with Crippen molar-refractivity contribution in [3.63, 3.8) is 0 Å². The van der Waals surface area contributed by atoms with E-state index in [9.17, 15) is 9.90 Å². The Balaban J connectivity index is 1.41. The Labute approximate surface area is 201 Å². The van der Waals surface area contributed by atoms with Gasteiger partial charge in [-0.1, -0.05) is 23.7 Å². The number of aliphatic hydroxyl groups is 2. The summed E-state index contributed by atoms with van der Waals surface area (Å²) in [4.78, 5) is 29.0. The summed E-state index contributed by atoms with van der Waals surface area (Å²) in [7, 11) is 0. The van der Waals surface area contributed by atoms with E-state index in [0.29, 0.717) is 5.02 Å². The Morgan fingerprint density at radius 2 is 2.15 bits per heavy atom. The molecule has 2 aromatic heterocycles. The molecule has 2 unspecified atom stereocenters. The van der Waals surface area contributed by atoms with Gasteiger partial charge >= 0.3 is 0 Å². The first-order valence-corrected chi connectivity index (χ1v) is 11.5. The van der Waals surface area contributed by atoms with Crippen LogP contribution < -0.4 is 15.0 Å². The summed E-state index contributed by atoms with van der Waals surface area (Å²) in [6.45, 7) is 1.13. The molecule has 1 amide bonds. The summed E-state index contributed by atoms with van der Waals surface area (Å²) in [6.07, 6.45) is 2.69. The SMILES string of the molecule is O=C(Nc1cncc(OCC(O)CO)n1)C1c2nc(-c3cccc(Cl)c3)ccc2N2CC[C@H]1C2. The molecule has 3 N–H and O–H groups in total. The number of carbonyl (C=O) groups excluding carboxylic acids is 1. The highest BCUT2D eigenvalue weighted by molar-refractivity contribution is 6.30. The Morgan fingerprint density at radius 3 is 2.97 bits per heavy atom. The molecule has 0 radical (unpaired) electrons. The number of carbonyl (C=O) groups is 1. The zero-order valence-electron chi connectivity index (χ0n) is 18.3. The molecule has 176 valence electrons. The predicted molar refractivity (Wildman–Crippen MR) is 127 cm³/mol. The molecule has 1 fully saturated rings. The summed E-state index contributed by atoms with van der Waals surface area (Å²) < 4.78 is 5.34. The second-order valence-electron chi connectivity index (χ2n) is 8.46. The van der Waals surface area contributed by atoms with E-state index in [1.54, 1.807) is 0 Å². The number of rotatable bonds is 7. The zero-order valence-corrected chi connectivity index (χ0v) is 19.0. The highest BCUT2D eigenvalue weighted by atomic mass is 35.5. The fourth-order valence-corrected chi connectivity index (χ4v) is 4.72. The third-order valence-corrected chi connectivity index (χ3v) is 6.37. The van der Waals surface area contributed by atoms with Crippen molar-refractivity contribution in [3.05, 3.63) is 59.5 Å². The summed E-state index contributed by atoms with van der Waals surface area (Å²) >= 11 is 6.18. The molecule has 1 aromatic carbocycles. The molecule has 5 rings (SSSR count). The third-order valence-electron chi connectivity index (χ3n) is 6.13. The van der Waals surface area contributed by atoms with Crippen LogP contribution >= 0.6 is 11.6 Å². The second-order valence-corrected chi connectivity index (χ2v) is 8.90. The predicted octanol–water partition coefficient (Wildman–Crippen LogP) is 2.49. The Hall–Kier alpha value is -3.27. The Bertz CT molecular complexity index is 1210. The average molecular weight is 482 g/mol. The maximum Gasteiger partial charge on any atom is 0.235 e. The van der Waals surface area contributed by atoms with Crippen molar-refractivity contribution in [3.8, 4) is 17.1 Å². The van der Waals surface area contributed by atoms with Crippen LogP contribution in [0.5, 0.6) is 5.88 Å². The summed E-state index contributed by atoms with van der Waals surface area (Å²) in [5, 5.41) is 21.9. The Kier molecular flexibility index (Phi) is 6.32. The minimum atomic E-state index is -1.02. The monoisotopic (exact) mass is 481 g/mol. The molecule has 0 spiro atoms.